The van der Waals surface area contributed by atoms with E-state index in [1.165, 1.54) is 24.3 Å². The zero-order chi connectivity index (χ0) is 18.7. The SMILES string of the molecule is N#Cc1ccc(C(=O)Nc2scc(-c3ccc(Br)cc3)c2C(=O)O)cc1. The Hall–Kier alpha value is -2.95. The minimum absolute atomic E-state index is 0.0549. The van der Waals surface area contributed by atoms with E-state index in [4.69, 9.17) is 5.26 Å². The summed E-state index contributed by atoms with van der Waals surface area (Å²) >= 11 is 4.51. The number of amides is 1. The van der Waals surface area contributed by atoms with Gasteiger partial charge in [0.25, 0.3) is 5.91 Å². The highest BCUT2D eigenvalue weighted by atomic mass is 79.9. The average molecular weight is 427 g/mol. The normalized spacial score (nSPS) is 10.2. The van der Waals surface area contributed by atoms with Crippen molar-refractivity contribution >= 4 is 44.1 Å². The standard InChI is InChI=1S/C19H11BrN2O3S/c20-14-7-5-12(6-8-14)15-10-26-18(16(15)19(24)25)22-17(23)13-3-1-11(9-21)2-4-13/h1-8,10H,(H,22,23)(H,24,25). The third kappa shape index (κ3) is 3.67. The van der Waals surface area contributed by atoms with Crippen molar-refractivity contribution in [2.75, 3.05) is 5.32 Å². The summed E-state index contributed by atoms with van der Waals surface area (Å²) in [6.45, 7) is 0. The topological polar surface area (TPSA) is 90.2 Å². The number of anilines is 1. The van der Waals surface area contributed by atoms with E-state index < -0.39 is 11.9 Å². The third-order valence-corrected chi connectivity index (χ3v) is 5.09. The summed E-state index contributed by atoms with van der Waals surface area (Å²) in [5.74, 6) is -1.54. The molecule has 0 aliphatic heterocycles. The summed E-state index contributed by atoms with van der Waals surface area (Å²) in [4.78, 5) is 24.1. The molecule has 0 fully saturated rings. The molecule has 2 N–H and O–H groups in total. The van der Waals surface area contributed by atoms with E-state index in [9.17, 15) is 14.7 Å². The molecular weight excluding hydrogens is 416 g/mol. The lowest BCUT2D eigenvalue weighted by atomic mass is 10.0. The fraction of sp³-hybridized carbons (Fsp3) is 0. The predicted molar refractivity (Wildman–Crippen MR) is 104 cm³/mol. The molecule has 26 heavy (non-hydrogen) atoms. The van der Waals surface area contributed by atoms with Gasteiger partial charge in [0.1, 0.15) is 10.6 Å². The van der Waals surface area contributed by atoms with Gasteiger partial charge in [0.15, 0.2) is 0 Å². The zero-order valence-corrected chi connectivity index (χ0v) is 15.6. The molecule has 0 saturated heterocycles. The van der Waals surface area contributed by atoms with Gasteiger partial charge in [-0.15, -0.1) is 11.3 Å². The molecule has 0 spiro atoms. The first-order valence-electron chi connectivity index (χ1n) is 7.42. The minimum Gasteiger partial charge on any atom is -0.478 e. The quantitative estimate of drug-likeness (QED) is 0.613. The summed E-state index contributed by atoms with van der Waals surface area (Å²) in [5, 5.41) is 23.1. The van der Waals surface area contributed by atoms with Gasteiger partial charge in [-0.3, -0.25) is 4.79 Å². The van der Waals surface area contributed by atoms with Crippen LogP contribution in [0, 0.1) is 11.3 Å². The fourth-order valence-electron chi connectivity index (χ4n) is 2.38. The van der Waals surface area contributed by atoms with E-state index in [-0.39, 0.29) is 10.6 Å². The Morgan fingerprint density at radius 1 is 1.08 bits per heavy atom. The summed E-state index contributed by atoms with van der Waals surface area (Å²) in [6, 6.07) is 15.4. The van der Waals surface area contributed by atoms with Crippen molar-refractivity contribution in [2.24, 2.45) is 0 Å². The molecule has 3 rings (SSSR count). The number of hydrogen-bond donors (Lipinski definition) is 2. The lowest BCUT2D eigenvalue weighted by Crippen LogP contribution is -2.13. The molecule has 0 aliphatic rings. The maximum absolute atomic E-state index is 12.4. The summed E-state index contributed by atoms with van der Waals surface area (Å²) in [5.41, 5.74) is 2.14. The number of carboxylic acids is 1. The smallest absolute Gasteiger partial charge is 0.339 e. The van der Waals surface area contributed by atoms with Crippen LogP contribution in [0.15, 0.2) is 58.4 Å². The maximum Gasteiger partial charge on any atom is 0.339 e. The van der Waals surface area contributed by atoms with Gasteiger partial charge < -0.3 is 10.4 Å². The van der Waals surface area contributed by atoms with Crippen molar-refractivity contribution in [1.29, 1.82) is 5.26 Å². The molecule has 0 saturated carbocycles. The van der Waals surface area contributed by atoms with Gasteiger partial charge in [0.2, 0.25) is 0 Å². The molecule has 1 heterocycles. The van der Waals surface area contributed by atoms with Gasteiger partial charge in [-0.05, 0) is 42.0 Å². The van der Waals surface area contributed by atoms with E-state index in [1.807, 2.05) is 30.3 Å². The van der Waals surface area contributed by atoms with Crippen LogP contribution >= 0.6 is 27.3 Å². The first kappa shape index (κ1) is 17.9. The maximum atomic E-state index is 12.4. The molecule has 128 valence electrons. The zero-order valence-electron chi connectivity index (χ0n) is 13.2. The number of aromatic carboxylic acids is 1. The molecule has 0 aliphatic carbocycles. The summed E-state index contributed by atoms with van der Waals surface area (Å²) < 4.78 is 0.891. The molecule has 7 heteroatoms. The molecule has 1 amide bonds. The van der Waals surface area contributed by atoms with Gasteiger partial charge in [0, 0.05) is 21.0 Å². The highest BCUT2D eigenvalue weighted by molar-refractivity contribution is 9.10. The minimum atomic E-state index is -1.11. The van der Waals surface area contributed by atoms with Crippen molar-refractivity contribution in [3.05, 3.63) is 75.1 Å². The Morgan fingerprint density at radius 3 is 2.31 bits per heavy atom. The average Bonchev–Trinajstić information content (AvgIpc) is 3.06. The Balaban J connectivity index is 1.92. The molecular formula is C19H11BrN2O3S. The molecule has 2 aromatic carbocycles. The van der Waals surface area contributed by atoms with Crippen LogP contribution in [0.5, 0.6) is 0 Å². The summed E-state index contributed by atoms with van der Waals surface area (Å²) in [7, 11) is 0. The van der Waals surface area contributed by atoms with E-state index in [2.05, 4.69) is 21.2 Å². The lowest BCUT2D eigenvalue weighted by molar-refractivity contribution is 0.0699. The van der Waals surface area contributed by atoms with E-state index in [1.54, 1.807) is 5.38 Å². The second-order valence-electron chi connectivity index (χ2n) is 5.31. The molecule has 0 radical (unpaired) electrons. The number of carboxylic acid groups (broad SMARTS) is 1. The van der Waals surface area contributed by atoms with Crippen molar-refractivity contribution in [3.8, 4) is 17.2 Å². The highest BCUT2D eigenvalue weighted by Crippen LogP contribution is 2.36. The molecule has 0 unspecified atom stereocenters. The number of nitrogens with one attached hydrogen (secondary N) is 1. The first-order valence-corrected chi connectivity index (χ1v) is 9.09. The van der Waals surface area contributed by atoms with Crippen LogP contribution in [0.2, 0.25) is 0 Å². The number of benzene rings is 2. The number of carbonyl (C=O) groups excluding carboxylic acids is 1. The highest BCUT2D eigenvalue weighted by Gasteiger charge is 2.21. The third-order valence-electron chi connectivity index (χ3n) is 3.66. The largest absolute Gasteiger partial charge is 0.478 e. The van der Waals surface area contributed by atoms with Crippen LogP contribution in [0.4, 0.5) is 5.00 Å². The lowest BCUT2D eigenvalue weighted by Gasteiger charge is -2.06. The monoisotopic (exact) mass is 426 g/mol. The fourth-order valence-corrected chi connectivity index (χ4v) is 3.60. The Morgan fingerprint density at radius 2 is 1.73 bits per heavy atom. The Bertz CT molecular complexity index is 1020. The van der Waals surface area contributed by atoms with Crippen molar-refractivity contribution in [3.63, 3.8) is 0 Å². The number of halogens is 1. The van der Waals surface area contributed by atoms with E-state index in [0.29, 0.717) is 16.7 Å². The number of nitrogens with zero attached hydrogens (tertiary/aromatic N) is 1. The van der Waals surface area contributed by atoms with Crippen LogP contribution in [0.25, 0.3) is 11.1 Å². The Labute approximate surface area is 161 Å². The second-order valence-corrected chi connectivity index (χ2v) is 7.10. The number of rotatable bonds is 4. The predicted octanol–water partition coefficient (Wildman–Crippen LogP) is 5.00. The first-order chi connectivity index (χ1) is 12.5. The molecule has 5 nitrogen and oxygen atoms in total. The molecule has 0 atom stereocenters. The van der Waals surface area contributed by atoms with E-state index >= 15 is 0 Å². The van der Waals surface area contributed by atoms with Crippen molar-refractivity contribution in [2.45, 2.75) is 0 Å². The molecule has 1 aromatic heterocycles. The van der Waals surface area contributed by atoms with Crippen LogP contribution < -0.4 is 5.32 Å². The van der Waals surface area contributed by atoms with Crippen LogP contribution in [0.3, 0.4) is 0 Å². The number of hydrogen-bond acceptors (Lipinski definition) is 4. The van der Waals surface area contributed by atoms with Crippen LogP contribution in [0.1, 0.15) is 26.3 Å². The molecule has 0 bridgehead atoms. The van der Waals surface area contributed by atoms with E-state index in [0.717, 1.165) is 21.4 Å². The summed E-state index contributed by atoms with van der Waals surface area (Å²) in [6.07, 6.45) is 0. The van der Waals surface area contributed by atoms with Crippen molar-refractivity contribution in [1.82, 2.24) is 0 Å². The molecule has 3 aromatic rings. The van der Waals surface area contributed by atoms with Gasteiger partial charge in [-0.2, -0.15) is 5.26 Å². The van der Waals surface area contributed by atoms with Gasteiger partial charge in [-0.25, -0.2) is 4.79 Å². The van der Waals surface area contributed by atoms with Gasteiger partial charge in [0.05, 0.1) is 11.6 Å². The Kier molecular flexibility index (Phi) is 5.16. The van der Waals surface area contributed by atoms with Gasteiger partial charge >= 0.3 is 5.97 Å². The van der Waals surface area contributed by atoms with Crippen LogP contribution in [-0.4, -0.2) is 17.0 Å². The number of nitriles is 1. The number of carbonyl (C=O) groups is 2. The number of thiophene rings is 1. The van der Waals surface area contributed by atoms with Gasteiger partial charge in [-0.1, -0.05) is 28.1 Å². The second kappa shape index (κ2) is 7.52. The van der Waals surface area contributed by atoms with Crippen LogP contribution in [-0.2, 0) is 0 Å². The van der Waals surface area contributed by atoms with Crippen molar-refractivity contribution < 1.29 is 14.7 Å².